The Morgan fingerprint density at radius 2 is 1.79 bits per heavy atom. The number of aryl methyl sites for hydroxylation is 2. The summed E-state index contributed by atoms with van der Waals surface area (Å²) in [5.41, 5.74) is 3.46. The summed E-state index contributed by atoms with van der Waals surface area (Å²) in [6.45, 7) is 3.92. The molecule has 2 aromatic carbocycles. The minimum Gasteiger partial charge on any atom is -0.294 e. The van der Waals surface area contributed by atoms with E-state index in [0.717, 1.165) is 11.1 Å². The number of Topliss-reactive ketones (excluding diaryl/α,β-unsaturated/α-hetero) is 1. The molecular weight excluding hydrogens is 307 g/mol. The molecule has 0 N–H and O–H groups in total. The van der Waals surface area contributed by atoms with Crippen molar-refractivity contribution in [2.24, 2.45) is 0 Å². The SMILES string of the molecule is Cc1cc(C)cc(C(=O)Cc2cccc(F)c2Br)c1. The lowest BCUT2D eigenvalue weighted by Crippen LogP contribution is -2.05. The fraction of sp³-hybridized carbons (Fsp3) is 0.188. The van der Waals surface area contributed by atoms with Crippen molar-refractivity contribution in [3.8, 4) is 0 Å². The topological polar surface area (TPSA) is 17.1 Å². The lowest BCUT2D eigenvalue weighted by atomic mass is 9.99. The van der Waals surface area contributed by atoms with E-state index >= 15 is 0 Å². The fourth-order valence-electron chi connectivity index (χ4n) is 2.10. The summed E-state index contributed by atoms with van der Waals surface area (Å²) < 4.78 is 13.8. The van der Waals surface area contributed by atoms with Crippen molar-refractivity contribution < 1.29 is 9.18 Å². The first kappa shape index (κ1) is 13.9. The minimum absolute atomic E-state index is 0.00176. The largest absolute Gasteiger partial charge is 0.294 e. The number of carbonyl (C=O) groups is 1. The first-order valence-corrected chi connectivity index (χ1v) is 6.81. The van der Waals surface area contributed by atoms with Gasteiger partial charge >= 0.3 is 0 Å². The first-order valence-electron chi connectivity index (χ1n) is 6.02. The van der Waals surface area contributed by atoms with Gasteiger partial charge in [0.15, 0.2) is 5.78 Å². The molecule has 0 bridgehead atoms. The monoisotopic (exact) mass is 320 g/mol. The number of benzene rings is 2. The van der Waals surface area contributed by atoms with Crippen molar-refractivity contribution in [3.63, 3.8) is 0 Å². The van der Waals surface area contributed by atoms with Crippen LogP contribution in [-0.4, -0.2) is 5.78 Å². The van der Waals surface area contributed by atoms with Crippen molar-refractivity contribution in [1.82, 2.24) is 0 Å². The molecule has 0 aliphatic heterocycles. The molecule has 0 aromatic heterocycles. The zero-order valence-electron chi connectivity index (χ0n) is 10.8. The molecule has 1 nitrogen and oxygen atoms in total. The van der Waals surface area contributed by atoms with Crippen LogP contribution in [0.5, 0.6) is 0 Å². The zero-order valence-corrected chi connectivity index (χ0v) is 12.4. The molecule has 0 spiro atoms. The molecule has 98 valence electrons. The van der Waals surface area contributed by atoms with Crippen LogP contribution in [0.3, 0.4) is 0 Å². The van der Waals surface area contributed by atoms with E-state index < -0.39 is 0 Å². The average Bonchev–Trinajstić information content (AvgIpc) is 2.33. The van der Waals surface area contributed by atoms with Crippen molar-refractivity contribution in [2.45, 2.75) is 20.3 Å². The number of hydrogen-bond donors (Lipinski definition) is 0. The van der Waals surface area contributed by atoms with Crippen LogP contribution in [0.25, 0.3) is 0 Å². The molecule has 0 aliphatic rings. The van der Waals surface area contributed by atoms with Crippen molar-refractivity contribution in [2.75, 3.05) is 0 Å². The number of hydrogen-bond acceptors (Lipinski definition) is 1. The normalized spacial score (nSPS) is 10.5. The summed E-state index contributed by atoms with van der Waals surface area (Å²) >= 11 is 3.18. The second-order valence-corrected chi connectivity index (χ2v) is 5.48. The van der Waals surface area contributed by atoms with Gasteiger partial charge < -0.3 is 0 Å². The van der Waals surface area contributed by atoms with E-state index in [2.05, 4.69) is 15.9 Å². The highest BCUT2D eigenvalue weighted by Crippen LogP contribution is 2.22. The Morgan fingerprint density at radius 1 is 1.16 bits per heavy atom. The van der Waals surface area contributed by atoms with Gasteiger partial charge in [0.05, 0.1) is 4.47 Å². The second kappa shape index (κ2) is 5.66. The molecular formula is C16H14BrFO. The quantitative estimate of drug-likeness (QED) is 0.753. The molecule has 0 fully saturated rings. The van der Waals surface area contributed by atoms with Gasteiger partial charge in [-0.2, -0.15) is 0 Å². The van der Waals surface area contributed by atoms with E-state index in [4.69, 9.17) is 0 Å². The van der Waals surface area contributed by atoms with Gasteiger partial charge in [-0.3, -0.25) is 4.79 Å². The van der Waals surface area contributed by atoms with E-state index in [0.29, 0.717) is 15.6 Å². The summed E-state index contributed by atoms with van der Waals surface area (Å²) in [7, 11) is 0. The molecule has 2 aromatic rings. The fourth-order valence-corrected chi connectivity index (χ4v) is 2.50. The number of rotatable bonds is 3. The third-order valence-electron chi connectivity index (χ3n) is 2.93. The molecule has 0 saturated carbocycles. The van der Waals surface area contributed by atoms with E-state index in [1.165, 1.54) is 6.07 Å². The Morgan fingerprint density at radius 3 is 2.42 bits per heavy atom. The van der Waals surface area contributed by atoms with Crippen molar-refractivity contribution in [1.29, 1.82) is 0 Å². The predicted molar refractivity (Wildman–Crippen MR) is 78.1 cm³/mol. The molecule has 0 heterocycles. The number of ketones is 1. The smallest absolute Gasteiger partial charge is 0.167 e. The maximum absolute atomic E-state index is 13.4. The Bertz CT molecular complexity index is 614. The van der Waals surface area contributed by atoms with E-state index in [9.17, 15) is 9.18 Å². The molecule has 0 amide bonds. The third kappa shape index (κ3) is 3.29. The Labute approximate surface area is 120 Å². The summed E-state index contributed by atoms with van der Waals surface area (Å²) in [5.74, 6) is -0.344. The van der Waals surface area contributed by atoms with Crippen LogP contribution < -0.4 is 0 Å². The van der Waals surface area contributed by atoms with Gasteiger partial charge in [-0.1, -0.05) is 29.3 Å². The van der Waals surface area contributed by atoms with Gasteiger partial charge in [0.1, 0.15) is 5.82 Å². The van der Waals surface area contributed by atoms with E-state index in [-0.39, 0.29) is 18.0 Å². The third-order valence-corrected chi connectivity index (χ3v) is 3.81. The Balaban J connectivity index is 2.28. The number of carbonyl (C=O) groups excluding carboxylic acids is 1. The average molecular weight is 321 g/mol. The van der Waals surface area contributed by atoms with Crippen LogP contribution in [0.15, 0.2) is 40.9 Å². The summed E-state index contributed by atoms with van der Waals surface area (Å²) in [6.07, 6.45) is 0.196. The van der Waals surface area contributed by atoms with Gasteiger partial charge in [-0.05, 0) is 53.5 Å². The van der Waals surface area contributed by atoms with Crippen LogP contribution >= 0.6 is 15.9 Å². The lowest BCUT2D eigenvalue weighted by molar-refractivity contribution is 0.0992. The van der Waals surface area contributed by atoms with Gasteiger partial charge in [0, 0.05) is 12.0 Å². The van der Waals surface area contributed by atoms with Gasteiger partial charge in [0.25, 0.3) is 0 Å². The molecule has 0 aliphatic carbocycles. The van der Waals surface area contributed by atoms with Crippen molar-refractivity contribution in [3.05, 3.63) is 68.9 Å². The standard InChI is InChI=1S/C16H14BrFO/c1-10-6-11(2)8-13(7-10)15(19)9-12-4-3-5-14(18)16(12)17/h3-8H,9H2,1-2H3. The predicted octanol–water partition coefficient (Wildman–Crippen LogP) is 4.63. The maximum atomic E-state index is 13.4. The van der Waals surface area contributed by atoms with E-state index in [1.807, 2.05) is 32.0 Å². The highest BCUT2D eigenvalue weighted by molar-refractivity contribution is 9.10. The lowest BCUT2D eigenvalue weighted by Gasteiger charge is -2.07. The molecule has 2 rings (SSSR count). The molecule has 19 heavy (non-hydrogen) atoms. The van der Waals surface area contributed by atoms with Crippen molar-refractivity contribution >= 4 is 21.7 Å². The van der Waals surface area contributed by atoms with Gasteiger partial charge in [0.2, 0.25) is 0 Å². The maximum Gasteiger partial charge on any atom is 0.167 e. The highest BCUT2D eigenvalue weighted by Gasteiger charge is 2.12. The Kier molecular flexibility index (Phi) is 4.15. The van der Waals surface area contributed by atoms with E-state index in [1.54, 1.807) is 12.1 Å². The van der Waals surface area contributed by atoms with Gasteiger partial charge in [-0.25, -0.2) is 4.39 Å². The van der Waals surface area contributed by atoms with Crippen LogP contribution in [-0.2, 0) is 6.42 Å². The molecule has 0 radical (unpaired) electrons. The first-order chi connectivity index (χ1) is 8.97. The second-order valence-electron chi connectivity index (χ2n) is 4.69. The summed E-state index contributed by atoms with van der Waals surface area (Å²) in [6, 6.07) is 10.5. The molecule has 0 atom stereocenters. The van der Waals surface area contributed by atoms with Crippen LogP contribution in [0.1, 0.15) is 27.0 Å². The molecule has 0 saturated heterocycles. The zero-order chi connectivity index (χ0) is 14.0. The van der Waals surface area contributed by atoms with Crippen LogP contribution in [0.2, 0.25) is 0 Å². The van der Waals surface area contributed by atoms with Crippen LogP contribution in [0, 0.1) is 19.7 Å². The molecule has 3 heteroatoms. The minimum atomic E-state index is -0.342. The molecule has 0 unspecified atom stereocenters. The van der Waals surface area contributed by atoms with Gasteiger partial charge in [-0.15, -0.1) is 0 Å². The number of halogens is 2. The van der Waals surface area contributed by atoms with Crippen LogP contribution in [0.4, 0.5) is 4.39 Å². The summed E-state index contributed by atoms with van der Waals surface area (Å²) in [5, 5.41) is 0. The highest BCUT2D eigenvalue weighted by atomic mass is 79.9. The summed E-state index contributed by atoms with van der Waals surface area (Å²) in [4.78, 5) is 12.2. The Hall–Kier alpha value is -1.48.